The first-order valence-corrected chi connectivity index (χ1v) is 7.20. The van der Waals surface area contributed by atoms with E-state index >= 15 is 0 Å². The molecule has 0 saturated carbocycles. The molecule has 0 radical (unpaired) electrons. The third-order valence-electron chi connectivity index (χ3n) is 2.83. The second-order valence-electron chi connectivity index (χ2n) is 4.01. The largest absolute Gasteiger partial charge is 0.329 e. The van der Waals surface area contributed by atoms with Crippen LogP contribution in [0.4, 0.5) is 5.13 Å². The Bertz CT molecular complexity index is 339. The smallest absolute Gasteiger partial charge is 0.278 e. The molecule has 1 aliphatic rings. The van der Waals surface area contributed by atoms with E-state index in [1.54, 1.807) is 11.3 Å². The van der Waals surface area contributed by atoms with E-state index in [4.69, 9.17) is 5.73 Å². The summed E-state index contributed by atoms with van der Waals surface area (Å²) in [6.45, 7) is 3.42. The lowest BCUT2D eigenvalue weighted by Gasteiger charge is -2.27. The van der Waals surface area contributed by atoms with Gasteiger partial charge in [-0.3, -0.25) is 5.73 Å². The summed E-state index contributed by atoms with van der Waals surface area (Å²) < 4.78 is 2.45. The summed E-state index contributed by atoms with van der Waals surface area (Å²) >= 11 is 4.18. The normalized spacial score (nSPS) is 20.6. The molecular formula is C10H17IN3S+. The highest BCUT2D eigenvalue weighted by molar-refractivity contribution is 14.1. The fourth-order valence-corrected chi connectivity index (χ4v) is 4.02. The number of fused-ring (bicyclic) bond motifs is 1. The van der Waals surface area contributed by atoms with Gasteiger partial charge in [0.25, 0.3) is 0 Å². The molecule has 3 N–H and O–H groups in total. The average molecular weight is 338 g/mol. The van der Waals surface area contributed by atoms with E-state index in [0.29, 0.717) is 6.04 Å². The van der Waals surface area contributed by atoms with Crippen molar-refractivity contribution in [2.45, 2.75) is 38.6 Å². The van der Waals surface area contributed by atoms with Gasteiger partial charge in [0, 0.05) is 48.3 Å². The van der Waals surface area contributed by atoms with Crippen LogP contribution in [0, 0.1) is 0 Å². The molecule has 0 fully saturated rings. The maximum absolute atomic E-state index is 5.79. The van der Waals surface area contributed by atoms with Gasteiger partial charge in [0.15, 0.2) is 0 Å². The number of H-pyrrole nitrogens is 1. The van der Waals surface area contributed by atoms with Crippen molar-refractivity contribution in [3.63, 3.8) is 0 Å². The molecule has 0 saturated heterocycles. The Balaban J connectivity index is 2.04. The van der Waals surface area contributed by atoms with Gasteiger partial charge >= 0.3 is 5.13 Å². The number of anilines is 1. The summed E-state index contributed by atoms with van der Waals surface area (Å²) in [5.41, 5.74) is 7.16. The van der Waals surface area contributed by atoms with Gasteiger partial charge in [-0.05, 0) is 12.8 Å². The highest BCUT2D eigenvalue weighted by Crippen LogP contribution is 2.28. The van der Waals surface area contributed by atoms with Gasteiger partial charge in [0.2, 0.25) is 0 Å². The van der Waals surface area contributed by atoms with Crippen molar-refractivity contribution in [3.8, 4) is 0 Å². The minimum atomic E-state index is 0.699. The number of rotatable bonds is 3. The molecule has 0 amide bonds. The molecule has 0 aliphatic heterocycles. The number of hydrogen-bond acceptors (Lipinski definition) is 3. The molecule has 3 nitrogen and oxygen atoms in total. The summed E-state index contributed by atoms with van der Waals surface area (Å²) in [6, 6.07) is 0.699. The minimum Gasteiger partial charge on any atom is -0.278 e. The van der Waals surface area contributed by atoms with Gasteiger partial charge in [-0.2, -0.15) is 0 Å². The predicted molar refractivity (Wildman–Crippen MR) is 72.1 cm³/mol. The maximum atomic E-state index is 5.79. The van der Waals surface area contributed by atoms with Crippen LogP contribution >= 0.6 is 34.2 Å². The van der Waals surface area contributed by atoms with Crippen molar-refractivity contribution < 1.29 is 4.98 Å². The molecule has 1 atom stereocenters. The van der Waals surface area contributed by atoms with Crippen molar-refractivity contribution in [2.24, 2.45) is 0 Å². The van der Waals surface area contributed by atoms with Crippen LogP contribution in [0.2, 0.25) is 0 Å². The molecule has 5 heteroatoms. The van der Waals surface area contributed by atoms with E-state index < -0.39 is 0 Å². The lowest BCUT2D eigenvalue weighted by Crippen LogP contribution is -2.33. The second-order valence-corrected chi connectivity index (χ2v) is 6.39. The number of nitrogens with one attached hydrogen (secondary N) is 1. The van der Waals surface area contributed by atoms with Crippen LogP contribution < -0.4 is 10.7 Å². The van der Waals surface area contributed by atoms with Crippen LogP contribution in [-0.2, 0) is 12.8 Å². The van der Waals surface area contributed by atoms with Crippen molar-refractivity contribution in [1.82, 2.24) is 3.11 Å². The Morgan fingerprint density at radius 1 is 1.67 bits per heavy atom. The Morgan fingerprint density at radius 2 is 2.47 bits per heavy atom. The quantitative estimate of drug-likeness (QED) is 0.677. The van der Waals surface area contributed by atoms with Gasteiger partial charge in [0.05, 0.1) is 4.88 Å². The molecule has 1 aromatic heterocycles. The molecule has 0 bridgehead atoms. The van der Waals surface area contributed by atoms with Gasteiger partial charge in [0.1, 0.15) is 5.69 Å². The number of hydrogen-bond donors (Lipinski definition) is 1. The zero-order valence-electron chi connectivity index (χ0n) is 8.92. The number of thiazole rings is 1. The van der Waals surface area contributed by atoms with Crippen molar-refractivity contribution >= 4 is 39.3 Å². The minimum absolute atomic E-state index is 0.699. The van der Waals surface area contributed by atoms with E-state index in [2.05, 4.69) is 37.9 Å². The molecule has 1 aliphatic carbocycles. The highest BCUT2D eigenvalue weighted by atomic mass is 127. The molecule has 0 spiro atoms. The van der Waals surface area contributed by atoms with Crippen LogP contribution in [0.1, 0.15) is 30.3 Å². The Morgan fingerprint density at radius 3 is 3.20 bits per heavy atom. The fraction of sp³-hybridized carbons (Fsp3) is 0.700. The number of nitrogen functional groups attached to an aromatic ring is 1. The average Bonchev–Trinajstić information content (AvgIpc) is 2.57. The number of nitrogens with zero attached hydrogens (tertiary/aromatic N) is 1. The molecule has 2 rings (SSSR count). The Hall–Kier alpha value is 0.120. The molecule has 1 unspecified atom stereocenters. The molecule has 1 aromatic rings. The topological polar surface area (TPSA) is 43.4 Å². The highest BCUT2D eigenvalue weighted by Gasteiger charge is 2.27. The lowest BCUT2D eigenvalue weighted by molar-refractivity contribution is -0.368. The molecule has 15 heavy (non-hydrogen) atoms. The summed E-state index contributed by atoms with van der Waals surface area (Å²) in [4.78, 5) is 4.72. The van der Waals surface area contributed by atoms with Crippen LogP contribution in [0.3, 0.4) is 0 Å². The molecule has 0 aromatic carbocycles. The third-order valence-corrected chi connectivity index (χ3v) is 5.08. The predicted octanol–water partition coefficient (Wildman–Crippen LogP) is 2.06. The Labute approximate surface area is 109 Å². The first-order chi connectivity index (χ1) is 7.20. The van der Waals surface area contributed by atoms with Crippen LogP contribution in [0.25, 0.3) is 0 Å². The van der Waals surface area contributed by atoms with E-state index in [1.807, 2.05) is 0 Å². The monoisotopic (exact) mass is 338 g/mol. The van der Waals surface area contributed by atoms with Crippen molar-refractivity contribution in [2.75, 3.05) is 12.3 Å². The van der Waals surface area contributed by atoms with Gasteiger partial charge in [-0.15, -0.1) is 0 Å². The maximum Gasteiger partial charge on any atom is 0.329 e. The van der Waals surface area contributed by atoms with Gasteiger partial charge in [-0.1, -0.05) is 18.3 Å². The van der Waals surface area contributed by atoms with E-state index in [0.717, 1.165) is 18.0 Å². The summed E-state index contributed by atoms with van der Waals surface area (Å²) in [7, 11) is 0. The molecule has 84 valence electrons. The Kier molecular flexibility index (Phi) is 3.84. The number of aryl methyl sites for hydroxylation is 1. The van der Waals surface area contributed by atoms with E-state index in [9.17, 15) is 0 Å². The lowest BCUT2D eigenvalue weighted by atomic mass is 9.98. The van der Waals surface area contributed by atoms with Crippen molar-refractivity contribution in [3.05, 3.63) is 10.6 Å². The first-order valence-electron chi connectivity index (χ1n) is 5.42. The van der Waals surface area contributed by atoms with E-state index in [-0.39, 0.29) is 0 Å². The fourth-order valence-electron chi connectivity index (χ4n) is 2.07. The zero-order valence-corrected chi connectivity index (χ0v) is 11.9. The SMILES string of the molecule is CCCN(I)C1CCc2[nH+]c(N)sc2C1. The summed E-state index contributed by atoms with van der Waals surface area (Å²) in [5.74, 6) is 0. The number of aromatic amines is 1. The number of nitrogens with two attached hydrogens (primary N) is 1. The van der Waals surface area contributed by atoms with Crippen LogP contribution in [-0.4, -0.2) is 15.7 Å². The standard InChI is InChI=1S/C10H16IN3S/c1-2-5-14(11)7-3-4-8-9(6-7)15-10(12)13-8/h7H,2-6H2,1H3,(H2,12,13)/p+1. The molecule has 1 heterocycles. The van der Waals surface area contributed by atoms with E-state index in [1.165, 1.54) is 30.0 Å². The molecular weight excluding hydrogens is 321 g/mol. The first kappa shape index (κ1) is 11.6. The second kappa shape index (κ2) is 4.97. The van der Waals surface area contributed by atoms with Gasteiger partial charge < -0.3 is 0 Å². The van der Waals surface area contributed by atoms with Gasteiger partial charge in [-0.25, -0.2) is 8.10 Å². The van der Waals surface area contributed by atoms with Crippen molar-refractivity contribution in [1.29, 1.82) is 0 Å². The number of halogens is 1. The third kappa shape index (κ3) is 2.62. The zero-order chi connectivity index (χ0) is 10.8. The summed E-state index contributed by atoms with van der Waals surface area (Å²) in [5, 5.41) is 0.858. The summed E-state index contributed by atoms with van der Waals surface area (Å²) in [6.07, 6.45) is 4.79. The van der Waals surface area contributed by atoms with Crippen LogP contribution in [0.15, 0.2) is 0 Å². The number of aromatic nitrogens is 1. The van der Waals surface area contributed by atoms with Crippen LogP contribution in [0.5, 0.6) is 0 Å².